The second-order valence-corrected chi connectivity index (χ2v) is 19.9. The first-order chi connectivity index (χ1) is 39.0. The minimum absolute atomic E-state index is 0. The Balaban J connectivity index is 0.000000342. The summed E-state index contributed by atoms with van der Waals surface area (Å²) in [5.41, 5.74) is 0.359. The van der Waals surface area contributed by atoms with Gasteiger partial charge < -0.3 is 29.9 Å². The predicted molar refractivity (Wildman–Crippen MR) is 314 cm³/mol. The van der Waals surface area contributed by atoms with E-state index in [9.17, 15) is 65.6 Å². The third-order valence-electron chi connectivity index (χ3n) is 11.5. The van der Waals surface area contributed by atoms with Crippen LogP contribution in [0, 0.1) is 6.92 Å². The monoisotopic (exact) mass is 1300 g/mol. The van der Waals surface area contributed by atoms with E-state index >= 15 is 0 Å². The molecular formula is C57H60BrCl3F6N6O11. The van der Waals surface area contributed by atoms with E-state index in [2.05, 4.69) is 47.0 Å². The van der Waals surface area contributed by atoms with E-state index in [1.165, 1.54) is 78.0 Å². The first-order valence-corrected chi connectivity index (χ1v) is 26.8. The Morgan fingerprint density at radius 2 is 1.07 bits per heavy atom. The number of ether oxygens (including phenoxy) is 2. The second kappa shape index (κ2) is 32.4. The third-order valence-corrected chi connectivity index (χ3v) is 12.7. The summed E-state index contributed by atoms with van der Waals surface area (Å²) in [6, 6.07) is 23.7. The Kier molecular flexibility index (Phi) is 27.5. The topological polar surface area (TPSA) is 230 Å². The standard InChI is InChI=1S/C25H21ClF3N3O5.C19H19BrClN3O3.C8H7F3O.C2H3ClO.C2H6O.CH4/c1-31-22-20(23(35)32(24(31)36)10-3-11-33)19(21(34)14-6-8-16(26)9-7-14)18(13-30-22)15-4-2-5-17(12-15)37-25(27,28)29;1-3-4-9-24-18(26)15-14(16(25)11-5-7-12(21)8-6-11)13(20)10-22-17(15)23(2)19(24)27;1-6-3-2-4-7(5-6)12-8(9,10)11;1-2(3)4;1-2-3;/h2,4-9,12-13,21,33-34H,3,10-11H2,1H3;5-8,10,16,25H,3-4,9H2,1-2H3;2-5H,1H3;1H3;3H,2H2,1H3;1H4. The molecule has 0 spiro atoms. The van der Waals surface area contributed by atoms with Crippen molar-refractivity contribution in [1.29, 1.82) is 0 Å². The number of carbonyl (C=O) groups is 1. The summed E-state index contributed by atoms with van der Waals surface area (Å²) in [4.78, 5) is 69.8. The highest BCUT2D eigenvalue weighted by atomic mass is 79.9. The van der Waals surface area contributed by atoms with Crippen molar-refractivity contribution >= 4 is 78.0 Å². The highest BCUT2D eigenvalue weighted by Gasteiger charge is 2.33. The number of aromatic nitrogens is 6. The molecule has 0 aliphatic carbocycles. The van der Waals surface area contributed by atoms with Gasteiger partial charge in [0.05, 0.1) is 10.8 Å². The molecule has 2 unspecified atom stereocenters. The van der Waals surface area contributed by atoms with Crippen LogP contribution in [0.25, 0.3) is 33.2 Å². The molecule has 27 heteroatoms. The van der Waals surface area contributed by atoms with Crippen LogP contribution in [-0.2, 0) is 32.0 Å². The van der Waals surface area contributed by atoms with Gasteiger partial charge in [-0.15, -0.1) is 26.3 Å². The lowest BCUT2D eigenvalue weighted by Gasteiger charge is -2.20. The SMILES string of the molecule is C.CC(=O)Cl.CCCCn1c(=O)c2c(C(O)c3ccc(Cl)cc3)c(Br)cnc2n(C)c1=O.CCO.Cc1cccc(OC(F)(F)F)c1.Cn1c(=O)n(CCCO)c(=O)c2c(C(O)c3ccc(Cl)cc3)c(-c3cccc(OC(F)(F)F)c3)cnc21. The molecule has 4 N–H and O–H groups in total. The zero-order chi connectivity index (χ0) is 62.1. The molecule has 0 saturated heterocycles. The van der Waals surface area contributed by atoms with Gasteiger partial charge in [-0.05, 0) is 125 Å². The Hall–Kier alpha value is -6.90. The first-order valence-electron chi connectivity index (χ1n) is 24.8. The fourth-order valence-corrected chi connectivity index (χ4v) is 8.71. The molecule has 0 bridgehead atoms. The van der Waals surface area contributed by atoms with Crippen LogP contribution in [0.4, 0.5) is 26.3 Å². The van der Waals surface area contributed by atoms with Crippen molar-refractivity contribution in [3.8, 4) is 22.6 Å². The summed E-state index contributed by atoms with van der Waals surface area (Å²) in [6.07, 6.45) is -7.60. The zero-order valence-electron chi connectivity index (χ0n) is 45.1. The number of halogens is 10. The smallest absolute Gasteiger partial charge is 0.406 e. The number of hydrogen-bond acceptors (Lipinski definition) is 13. The predicted octanol–water partition coefficient (Wildman–Crippen LogP) is 11.5. The molecule has 0 fully saturated rings. The van der Waals surface area contributed by atoms with Gasteiger partial charge in [-0.2, -0.15) is 0 Å². The number of aliphatic hydroxyl groups is 4. The van der Waals surface area contributed by atoms with Crippen molar-refractivity contribution in [2.45, 2.75) is 92.4 Å². The maximum absolute atomic E-state index is 13.6. The number of unbranched alkanes of at least 4 members (excludes halogenated alkanes) is 1. The summed E-state index contributed by atoms with van der Waals surface area (Å²) < 4.78 is 86.3. The lowest BCUT2D eigenvalue weighted by molar-refractivity contribution is -0.275. The minimum Gasteiger partial charge on any atom is -0.406 e. The zero-order valence-corrected chi connectivity index (χ0v) is 49.0. The van der Waals surface area contributed by atoms with Gasteiger partial charge in [0.1, 0.15) is 35.0 Å². The van der Waals surface area contributed by atoms with Gasteiger partial charge in [0.15, 0.2) is 0 Å². The van der Waals surface area contributed by atoms with E-state index in [4.69, 9.17) is 28.3 Å². The number of aliphatic hydroxyl groups excluding tert-OH is 4. The molecule has 84 heavy (non-hydrogen) atoms. The normalized spacial score (nSPS) is 11.7. The van der Waals surface area contributed by atoms with E-state index in [1.54, 1.807) is 63.4 Å². The van der Waals surface area contributed by atoms with Crippen molar-refractivity contribution in [3.05, 3.63) is 193 Å². The summed E-state index contributed by atoms with van der Waals surface area (Å²) >= 11 is 19.9. The van der Waals surface area contributed by atoms with Gasteiger partial charge in [0, 0.05) is 90.9 Å². The maximum atomic E-state index is 13.6. The Labute approximate surface area is 500 Å². The van der Waals surface area contributed by atoms with E-state index in [0.29, 0.717) is 44.2 Å². The van der Waals surface area contributed by atoms with Crippen LogP contribution in [0.5, 0.6) is 11.5 Å². The van der Waals surface area contributed by atoms with E-state index in [-0.39, 0.29) is 83.4 Å². The molecule has 0 aliphatic heterocycles. The second-order valence-electron chi connectivity index (χ2n) is 17.7. The maximum Gasteiger partial charge on any atom is 0.573 e. The van der Waals surface area contributed by atoms with Crippen molar-refractivity contribution in [3.63, 3.8) is 0 Å². The molecule has 4 heterocycles. The molecule has 8 rings (SSSR count). The van der Waals surface area contributed by atoms with Gasteiger partial charge >= 0.3 is 24.1 Å². The number of rotatable bonds is 13. The molecule has 0 amide bonds. The van der Waals surface area contributed by atoms with Crippen LogP contribution in [0.15, 0.2) is 133 Å². The average Bonchev–Trinajstić information content (AvgIpc) is 0.892. The molecule has 17 nitrogen and oxygen atoms in total. The number of alkyl halides is 6. The Bertz CT molecular complexity index is 3750. The summed E-state index contributed by atoms with van der Waals surface area (Å²) in [6.45, 7) is 6.88. The molecule has 454 valence electrons. The van der Waals surface area contributed by atoms with E-state index in [1.807, 2.05) is 6.92 Å². The van der Waals surface area contributed by atoms with Crippen molar-refractivity contribution in [1.82, 2.24) is 28.2 Å². The first kappa shape index (κ1) is 71.4. The Morgan fingerprint density at radius 3 is 1.50 bits per heavy atom. The highest BCUT2D eigenvalue weighted by molar-refractivity contribution is 9.10. The van der Waals surface area contributed by atoms with Crippen LogP contribution >= 0.6 is 50.7 Å². The van der Waals surface area contributed by atoms with Gasteiger partial charge in [-0.25, -0.2) is 19.6 Å². The molecule has 0 radical (unpaired) electrons. The van der Waals surface area contributed by atoms with Crippen molar-refractivity contribution in [2.75, 3.05) is 13.2 Å². The van der Waals surface area contributed by atoms with E-state index in [0.717, 1.165) is 33.3 Å². The van der Waals surface area contributed by atoms with Crippen LogP contribution in [0.1, 0.15) is 87.5 Å². The van der Waals surface area contributed by atoms with Crippen LogP contribution in [0.2, 0.25) is 10.0 Å². The summed E-state index contributed by atoms with van der Waals surface area (Å²) in [5.74, 6) is -0.680. The third kappa shape index (κ3) is 19.6. The van der Waals surface area contributed by atoms with Crippen LogP contribution in [0.3, 0.4) is 0 Å². The van der Waals surface area contributed by atoms with Gasteiger partial charge in [-0.1, -0.05) is 92.5 Å². The number of carbonyl (C=O) groups excluding carboxylic acids is 1. The number of benzene rings is 4. The highest BCUT2D eigenvalue weighted by Crippen LogP contribution is 2.38. The number of aryl methyl sites for hydroxylation is 3. The summed E-state index contributed by atoms with van der Waals surface area (Å²) in [7, 11) is 2.98. The quantitative estimate of drug-likeness (QED) is 0.0622. The lowest BCUT2D eigenvalue weighted by Crippen LogP contribution is -2.40. The molecule has 8 aromatic rings. The molecule has 0 saturated carbocycles. The lowest BCUT2D eigenvalue weighted by atomic mass is 9.92. The number of hydrogen-bond donors (Lipinski definition) is 4. The van der Waals surface area contributed by atoms with Gasteiger partial charge in [-0.3, -0.25) is 32.7 Å². The fraction of sp³-hybridized carbons (Fsp3) is 0.316. The Morgan fingerprint density at radius 1 is 0.667 bits per heavy atom. The molecule has 2 atom stereocenters. The van der Waals surface area contributed by atoms with Crippen LogP contribution in [-0.4, -0.2) is 79.8 Å². The molecular weight excluding hydrogens is 1240 g/mol. The van der Waals surface area contributed by atoms with E-state index < -0.39 is 53.2 Å². The molecule has 4 aromatic heterocycles. The fourth-order valence-electron chi connectivity index (χ4n) is 7.94. The molecule has 0 aliphatic rings. The molecule has 4 aromatic carbocycles. The number of pyridine rings is 2. The van der Waals surface area contributed by atoms with Gasteiger partial charge in [0.2, 0.25) is 5.24 Å². The van der Waals surface area contributed by atoms with Crippen molar-refractivity contribution < 1.29 is 61.0 Å². The van der Waals surface area contributed by atoms with Crippen molar-refractivity contribution in [2.24, 2.45) is 14.1 Å². The number of nitrogens with zero attached hydrogens (tertiary/aromatic N) is 6. The summed E-state index contributed by atoms with van der Waals surface area (Å²) in [5, 5.41) is 40.0. The average molecular weight is 1310 g/mol. The van der Waals surface area contributed by atoms with Gasteiger partial charge in [0.25, 0.3) is 11.1 Å². The number of fused-ring (bicyclic) bond motifs is 2. The van der Waals surface area contributed by atoms with Crippen LogP contribution < -0.4 is 32.0 Å². The minimum atomic E-state index is -4.93. The largest absolute Gasteiger partial charge is 0.573 e.